The summed E-state index contributed by atoms with van der Waals surface area (Å²) in [7, 11) is 9.37. The highest BCUT2D eigenvalue weighted by atomic mass is 32.2. The fourth-order valence-electron chi connectivity index (χ4n) is 7.05. The Bertz CT molecular complexity index is 1330. The third-order valence-corrected chi connectivity index (χ3v) is 9.96. The van der Waals surface area contributed by atoms with Crippen molar-refractivity contribution < 1.29 is 42.7 Å². The molecule has 7 atom stereocenters. The van der Waals surface area contributed by atoms with Gasteiger partial charge < -0.3 is 39.6 Å². The van der Waals surface area contributed by atoms with Gasteiger partial charge in [0.1, 0.15) is 18.0 Å². The fraction of sp³-hybridized carbons (Fsp3) is 0.725. The number of aliphatic hydroxyl groups excluding tert-OH is 1. The zero-order chi connectivity index (χ0) is 43.1. The van der Waals surface area contributed by atoms with Gasteiger partial charge in [-0.05, 0) is 63.9 Å². The monoisotopic (exact) mass is 815 g/mol. The first-order chi connectivity index (χ1) is 26.5. The summed E-state index contributed by atoms with van der Waals surface area (Å²) in [5.41, 5.74) is 0.908. The molecule has 16 heteroatoms. The first kappa shape index (κ1) is 52.9. The van der Waals surface area contributed by atoms with Gasteiger partial charge in [-0.2, -0.15) is 4.40 Å². The van der Waals surface area contributed by atoms with Crippen LogP contribution < -0.4 is 10.6 Å². The molecule has 0 bridgehead atoms. The summed E-state index contributed by atoms with van der Waals surface area (Å²) in [5, 5.41) is 12.7. The number of aliphatic hydroxyl groups is 1. The summed E-state index contributed by atoms with van der Waals surface area (Å²) in [6.45, 7) is 13.9. The van der Waals surface area contributed by atoms with E-state index in [0.717, 1.165) is 20.0 Å². The third-order valence-electron chi connectivity index (χ3n) is 9.68. The van der Waals surface area contributed by atoms with Crippen LogP contribution in [0.3, 0.4) is 0 Å². The number of halogens is 1. The minimum Gasteiger partial charge on any atom is -0.400 e. The Labute approximate surface area is 339 Å². The lowest BCUT2D eigenvalue weighted by molar-refractivity contribution is -0.145. The van der Waals surface area contributed by atoms with Crippen molar-refractivity contribution >= 4 is 41.6 Å². The minimum absolute atomic E-state index is 0.0159. The highest BCUT2D eigenvalue weighted by Crippen LogP contribution is 2.28. The summed E-state index contributed by atoms with van der Waals surface area (Å²) in [6.07, 6.45) is 2.73. The van der Waals surface area contributed by atoms with Crippen molar-refractivity contribution in [1.82, 2.24) is 25.3 Å². The van der Waals surface area contributed by atoms with Crippen molar-refractivity contribution in [3.8, 4) is 0 Å². The van der Waals surface area contributed by atoms with Gasteiger partial charge in [0.05, 0.1) is 61.0 Å². The van der Waals surface area contributed by atoms with E-state index >= 15 is 0 Å². The molecule has 1 fully saturated rings. The van der Waals surface area contributed by atoms with Crippen molar-refractivity contribution in [3.05, 3.63) is 35.6 Å². The summed E-state index contributed by atoms with van der Waals surface area (Å²) in [5.74, 6) is -2.03. The standard InChI is InChI=1S/C36H59FN6O7S.C3H8.CH4O/c1-11-13-27(42(8)31(45)21-38-36(47)33(22(2)3)41(6)7)29(49-9)20-30(44)43-19-12-14-28(43)34(50-10)23(4)35(46)39-24(5)32(40-51-48)25-15-17-26(37)18-16-25;1-3-2;1-2/h15-18,22-24,27-29,33-34,48H,11-14,19-21H2,1-10H3,(H,38,47)(H,39,46);3H2,1-2H3;2H,1H3/b40-32-;;/t23?,24?,27-,28?,29?,33?,34?;;/m0../s1. The van der Waals surface area contributed by atoms with Crippen LogP contribution >= 0.6 is 12.2 Å². The van der Waals surface area contributed by atoms with Gasteiger partial charge in [0.25, 0.3) is 0 Å². The van der Waals surface area contributed by atoms with E-state index < -0.39 is 36.0 Å². The number of hydrogen-bond acceptors (Lipinski definition) is 11. The number of amides is 4. The van der Waals surface area contributed by atoms with Crippen LogP contribution in [-0.2, 0) is 28.7 Å². The first-order valence-electron chi connectivity index (χ1n) is 19.5. The quantitative estimate of drug-likeness (QED) is 0.0826. The molecule has 4 amide bonds. The molecule has 1 heterocycles. The average Bonchev–Trinajstić information content (AvgIpc) is 3.65. The number of rotatable bonds is 20. The van der Waals surface area contributed by atoms with Crippen LogP contribution in [0.15, 0.2) is 28.7 Å². The van der Waals surface area contributed by atoms with Crippen LogP contribution in [0.1, 0.15) is 92.6 Å². The van der Waals surface area contributed by atoms with Crippen LogP contribution in [-0.4, -0.2) is 146 Å². The number of likely N-dealkylation sites (tertiary alicyclic amines) is 1. The van der Waals surface area contributed by atoms with Crippen LogP contribution in [0, 0.1) is 17.7 Å². The molecule has 1 aromatic carbocycles. The summed E-state index contributed by atoms with van der Waals surface area (Å²) < 4.78 is 38.7. The molecular formula is C40H71FN6O8S. The van der Waals surface area contributed by atoms with Crippen molar-refractivity contribution in [1.29, 1.82) is 0 Å². The molecule has 322 valence electrons. The number of likely N-dealkylation sites (N-methyl/N-ethyl adjacent to an activating group) is 2. The Morgan fingerprint density at radius 2 is 1.59 bits per heavy atom. The first-order valence-corrected chi connectivity index (χ1v) is 20.2. The largest absolute Gasteiger partial charge is 0.400 e. The van der Waals surface area contributed by atoms with Gasteiger partial charge in [-0.3, -0.25) is 24.1 Å². The molecule has 56 heavy (non-hydrogen) atoms. The molecule has 0 aliphatic carbocycles. The lowest BCUT2D eigenvalue weighted by Crippen LogP contribution is -2.54. The number of benzene rings is 1. The van der Waals surface area contributed by atoms with E-state index in [9.17, 15) is 28.1 Å². The molecule has 14 nitrogen and oxygen atoms in total. The number of nitrogens with zero attached hydrogens (tertiary/aromatic N) is 4. The summed E-state index contributed by atoms with van der Waals surface area (Å²) >= 11 is 0.252. The Hall–Kier alpha value is -3.15. The lowest BCUT2D eigenvalue weighted by Gasteiger charge is -2.37. The van der Waals surface area contributed by atoms with Crippen LogP contribution in [0.2, 0.25) is 0 Å². The van der Waals surface area contributed by atoms with Gasteiger partial charge in [0.15, 0.2) is 0 Å². The molecule has 0 radical (unpaired) electrons. The number of carbonyl (C=O) groups excluding carboxylic acids is 4. The second-order valence-corrected chi connectivity index (χ2v) is 14.8. The average molecular weight is 815 g/mol. The van der Waals surface area contributed by atoms with Gasteiger partial charge in [-0.15, -0.1) is 0 Å². The predicted octanol–water partition coefficient (Wildman–Crippen LogP) is 4.64. The highest BCUT2D eigenvalue weighted by Gasteiger charge is 2.41. The lowest BCUT2D eigenvalue weighted by atomic mass is 9.93. The molecule has 4 N–H and O–H groups in total. The van der Waals surface area contributed by atoms with E-state index in [-0.39, 0.29) is 66.8 Å². The van der Waals surface area contributed by atoms with E-state index in [2.05, 4.69) is 28.9 Å². The maximum atomic E-state index is 13.9. The molecule has 0 aromatic heterocycles. The normalized spacial score (nSPS) is 17.4. The van der Waals surface area contributed by atoms with E-state index in [1.165, 1.54) is 44.9 Å². The van der Waals surface area contributed by atoms with E-state index in [0.29, 0.717) is 30.7 Å². The number of ether oxygens (including phenoxy) is 2. The fourth-order valence-corrected chi connectivity index (χ4v) is 7.40. The smallest absolute Gasteiger partial charge is 0.242 e. The molecule has 6 unspecified atom stereocenters. The van der Waals surface area contributed by atoms with E-state index in [1.54, 1.807) is 30.7 Å². The van der Waals surface area contributed by atoms with Crippen LogP contribution in [0.25, 0.3) is 0 Å². The zero-order valence-electron chi connectivity index (χ0n) is 36.0. The highest BCUT2D eigenvalue weighted by molar-refractivity contribution is 7.92. The SMILES string of the molecule is CCC.CCC[C@@H](C(CC(=O)N1CCCC1C(OC)C(C)C(=O)NC(C)/C(=N/SO)c1ccc(F)cc1)OC)N(C)C(=O)CNC(=O)C(C(C)C)N(C)C.CO. The van der Waals surface area contributed by atoms with Crippen molar-refractivity contribution in [2.75, 3.05) is 55.6 Å². The van der Waals surface area contributed by atoms with Crippen molar-refractivity contribution in [2.45, 2.75) is 123 Å². The number of nitrogens with one attached hydrogen (secondary N) is 2. The zero-order valence-corrected chi connectivity index (χ0v) is 36.8. The van der Waals surface area contributed by atoms with Crippen LogP contribution in [0.4, 0.5) is 4.39 Å². The molecular weight excluding hydrogens is 744 g/mol. The molecule has 1 saturated heterocycles. The predicted molar refractivity (Wildman–Crippen MR) is 222 cm³/mol. The van der Waals surface area contributed by atoms with Gasteiger partial charge in [-0.1, -0.05) is 66.5 Å². The third kappa shape index (κ3) is 16.4. The van der Waals surface area contributed by atoms with Crippen molar-refractivity contribution in [3.63, 3.8) is 0 Å². The van der Waals surface area contributed by atoms with Crippen LogP contribution in [0.5, 0.6) is 0 Å². The second-order valence-electron chi connectivity index (χ2n) is 14.5. The second kappa shape index (κ2) is 28.3. The van der Waals surface area contributed by atoms with Gasteiger partial charge in [-0.25, -0.2) is 4.39 Å². The Balaban J connectivity index is 0.00000575. The molecule has 0 spiro atoms. The number of hydrogen-bond donors (Lipinski definition) is 4. The van der Waals surface area contributed by atoms with Crippen molar-refractivity contribution in [2.24, 2.45) is 16.2 Å². The summed E-state index contributed by atoms with van der Waals surface area (Å²) in [6, 6.07) is 3.81. The van der Waals surface area contributed by atoms with E-state index in [4.69, 9.17) is 14.6 Å². The minimum atomic E-state index is -0.667. The molecule has 1 aliphatic heterocycles. The van der Waals surface area contributed by atoms with Gasteiger partial charge >= 0.3 is 0 Å². The summed E-state index contributed by atoms with van der Waals surface area (Å²) in [4.78, 5) is 58.8. The maximum Gasteiger partial charge on any atom is 0.242 e. The molecule has 1 aliphatic rings. The topological polar surface area (TPSA) is 173 Å². The Kier molecular flexibility index (Phi) is 26.7. The van der Waals surface area contributed by atoms with E-state index in [1.807, 2.05) is 39.8 Å². The van der Waals surface area contributed by atoms with Gasteiger partial charge in [0.2, 0.25) is 23.6 Å². The Morgan fingerprint density at radius 1 is 1.00 bits per heavy atom. The Morgan fingerprint density at radius 3 is 2.07 bits per heavy atom. The maximum absolute atomic E-state index is 13.9. The molecule has 0 saturated carbocycles. The molecule has 2 rings (SSSR count). The number of methoxy groups -OCH3 is 2. The van der Waals surface area contributed by atoms with Gasteiger partial charge in [0, 0.05) is 34.9 Å². The molecule has 1 aromatic rings. The number of carbonyl (C=O) groups is 4.